The minimum Gasteiger partial charge on any atom is -0.493 e. The van der Waals surface area contributed by atoms with E-state index in [2.05, 4.69) is 29.8 Å². The highest BCUT2D eigenvalue weighted by molar-refractivity contribution is 9.10. The van der Waals surface area contributed by atoms with E-state index in [1.54, 1.807) is 12.1 Å². The molecule has 6 rings (SSSR count). The first-order valence-corrected chi connectivity index (χ1v) is 16.7. The van der Waals surface area contributed by atoms with Gasteiger partial charge in [-0.3, -0.25) is 0 Å². The fourth-order valence-corrected chi connectivity index (χ4v) is 6.77. The minimum absolute atomic E-state index is 0.0132. The Hall–Kier alpha value is -2.62. The van der Waals surface area contributed by atoms with E-state index < -0.39 is 23.4 Å². The molecule has 244 valence electrons. The zero-order valence-corrected chi connectivity index (χ0v) is 27.4. The summed E-state index contributed by atoms with van der Waals surface area (Å²) in [5, 5.41) is 9.76. The van der Waals surface area contributed by atoms with E-state index in [-0.39, 0.29) is 40.4 Å². The predicted molar refractivity (Wildman–Crippen MR) is 169 cm³/mol. The first kappa shape index (κ1) is 33.7. The number of halogens is 5. The minimum atomic E-state index is -0.692. The standard InChI is InChI=1S/C21H22BrF3O2.C15H19FO2/c1-2-3-12-4-14-7-19(24)16(8-21(14)27-11-12)15(10-26)5-13-6-20(25)17(22)9-18(13)23;1-2-3-10-4-11-5-14(16)13(12-8-17-9-12)6-15(11)18-7-10/h6-9,12,15,26H,2-5,10-11H2,1H3;5-6,10,12H,2-4,7-9H2,1H3. The average Bonchev–Trinajstić information content (AvgIpc) is 2.98. The summed E-state index contributed by atoms with van der Waals surface area (Å²) in [4.78, 5) is 0. The summed E-state index contributed by atoms with van der Waals surface area (Å²) < 4.78 is 73.4. The zero-order valence-electron chi connectivity index (χ0n) is 25.8. The molecule has 0 bridgehead atoms. The normalized spacial score (nSPS) is 19.6. The SMILES string of the molecule is CCCC1COc2cc(C(CO)Cc3cc(F)c(Br)cc3F)c(F)cc2C1.CCCC1COc2cc(C3COC3)c(F)cc2C1. The second-order valence-electron chi connectivity index (χ2n) is 12.5. The van der Waals surface area contributed by atoms with Crippen LogP contribution in [0.15, 0.2) is 40.9 Å². The molecular weight excluding hydrogens is 652 g/mol. The Morgan fingerprint density at radius 2 is 1.36 bits per heavy atom. The molecule has 3 aromatic rings. The van der Waals surface area contributed by atoms with Crippen molar-refractivity contribution in [1.82, 2.24) is 0 Å². The smallest absolute Gasteiger partial charge is 0.137 e. The van der Waals surface area contributed by atoms with Crippen LogP contribution in [-0.2, 0) is 24.0 Å². The van der Waals surface area contributed by atoms with Crippen LogP contribution >= 0.6 is 15.9 Å². The highest BCUT2D eigenvalue weighted by Crippen LogP contribution is 2.37. The van der Waals surface area contributed by atoms with Gasteiger partial charge in [0.1, 0.15) is 34.8 Å². The Labute approximate surface area is 271 Å². The largest absolute Gasteiger partial charge is 0.493 e. The third-order valence-electron chi connectivity index (χ3n) is 9.01. The zero-order chi connectivity index (χ0) is 32.1. The highest BCUT2D eigenvalue weighted by Gasteiger charge is 2.28. The first-order valence-electron chi connectivity index (χ1n) is 15.9. The van der Waals surface area contributed by atoms with Gasteiger partial charge in [0.05, 0.1) is 37.5 Å². The third-order valence-corrected chi connectivity index (χ3v) is 9.62. The molecular formula is C36H41BrF4O4. The summed E-state index contributed by atoms with van der Waals surface area (Å²) in [5.41, 5.74) is 2.96. The molecule has 0 aromatic heterocycles. The van der Waals surface area contributed by atoms with Crippen LogP contribution in [0.25, 0.3) is 0 Å². The molecule has 3 aliphatic rings. The lowest BCUT2D eigenvalue weighted by molar-refractivity contribution is 0.00687. The Bertz CT molecular complexity index is 1480. The fourth-order valence-electron chi connectivity index (χ4n) is 6.45. The summed E-state index contributed by atoms with van der Waals surface area (Å²) in [5.74, 6) is 0.188. The van der Waals surface area contributed by atoms with Crippen LogP contribution in [0.5, 0.6) is 11.5 Å². The van der Waals surface area contributed by atoms with Gasteiger partial charge in [-0.1, -0.05) is 26.7 Å². The Morgan fingerprint density at radius 1 is 0.756 bits per heavy atom. The quantitative estimate of drug-likeness (QED) is 0.180. The number of ether oxygens (including phenoxy) is 3. The molecule has 45 heavy (non-hydrogen) atoms. The van der Waals surface area contributed by atoms with Crippen molar-refractivity contribution in [2.45, 2.75) is 70.6 Å². The van der Waals surface area contributed by atoms with E-state index in [0.717, 1.165) is 79.7 Å². The molecule has 1 N–H and O–H groups in total. The lowest BCUT2D eigenvalue weighted by Gasteiger charge is -2.30. The van der Waals surface area contributed by atoms with Crippen LogP contribution in [0.2, 0.25) is 0 Å². The van der Waals surface area contributed by atoms with Crippen LogP contribution < -0.4 is 9.47 Å². The Balaban J connectivity index is 0.000000192. The van der Waals surface area contributed by atoms with Crippen molar-refractivity contribution in [1.29, 1.82) is 0 Å². The summed E-state index contributed by atoms with van der Waals surface area (Å²) in [6.07, 6.45) is 6.07. The van der Waals surface area contributed by atoms with Gasteiger partial charge < -0.3 is 19.3 Å². The second-order valence-corrected chi connectivity index (χ2v) is 13.3. The molecule has 3 heterocycles. The molecule has 0 saturated carbocycles. The molecule has 3 aliphatic heterocycles. The monoisotopic (exact) mass is 692 g/mol. The predicted octanol–water partition coefficient (Wildman–Crippen LogP) is 8.83. The molecule has 3 atom stereocenters. The van der Waals surface area contributed by atoms with E-state index in [1.165, 1.54) is 6.07 Å². The molecule has 1 fully saturated rings. The molecule has 0 amide bonds. The number of aliphatic hydroxyl groups is 1. The molecule has 9 heteroatoms. The third kappa shape index (κ3) is 8.03. The van der Waals surface area contributed by atoms with E-state index in [1.807, 2.05) is 6.07 Å². The van der Waals surface area contributed by atoms with Crippen molar-refractivity contribution >= 4 is 15.9 Å². The molecule has 1 saturated heterocycles. The Morgan fingerprint density at radius 3 is 1.91 bits per heavy atom. The van der Waals surface area contributed by atoms with E-state index in [0.29, 0.717) is 37.4 Å². The number of rotatable bonds is 9. The number of benzene rings is 3. The van der Waals surface area contributed by atoms with Crippen molar-refractivity contribution in [2.75, 3.05) is 33.0 Å². The van der Waals surface area contributed by atoms with Gasteiger partial charge >= 0.3 is 0 Å². The van der Waals surface area contributed by atoms with Gasteiger partial charge in [0.15, 0.2) is 0 Å². The molecule has 0 aliphatic carbocycles. The van der Waals surface area contributed by atoms with Crippen LogP contribution in [0.3, 0.4) is 0 Å². The van der Waals surface area contributed by atoms with Crippen molar-refractivity contribution in [3.63, 3.8) is 0 Å². The van der Waals surface area contributed by atoms with Gasteiger partial charge in [0.25, 0.3) is 0 Å². The maximum absolute atomic E-state index is 14.7. The van der Waals surface area contributed by atoms with Gasteiger partial charge in [0.2, 0.25) is 0 Å². The van der Waals surface area contributed by atoms with Crippen LogP contribution in [0.4, 0.5) is 17.6 Å². The number of fused-ring (bicyclic) bond motifs is 2. The van der Waals surface area contributed by atoms with Crippen molar-refractivity contribution in [3.8, 4) is 11.5 Å². The van der Waals surface area contributed by atoms with Gasteiger partial charge in [-0.25, -0.2) is 17.6 Å². The first-order chi connectivity index (χ1) is 21.7. The van der Waals surface area contributed by atoms with Crippen molar-refractivity contribution in [2.24, 2.45) is 11.8 Å². The van der Waals surface area contributed by atoms with Gasteiger partial charge in [-0.05, 0) is 124 Å². The topological polar surface area (TPSA) is 47.9 Å². The average molecular weight is 694 g/mol. The van der Waals surface area contributed by atoms with Gasteiger partial charge in [-0.2, -0.15) is 0 Å². The second kappa shape index (κ2) is 15.3. The van der Waals surface area contributed by atoms with E-state index in [9.17, 15) is 22.7 Å². The summed E-state index contributed by atoms with van der Waals surface area (Å²) in [6, 6.07) is 8.73. The number of aliphatic hydroxyl groups excluding tert-OH is 1. The lowest BCUT2D eigenvalue weighted by Crippen LogP contribution is -2.27. The number of hydrogen-bond acceptors (Lipinski definition) is 4. The van der Waals surface area contributed by atoms with Gasteiger partial charge in [-0.15, -0.1) is 0 Å². The maximum atomic E-state index is 14.7. The van der Waals surface area contributed by atoms with Crippen LogP contribution in [0.1, 0.15) is 79.2 Å². The molecule has 0 radical (unpaired) electrons. The van der Waals surface area contributed by atoms with Crippen LogP contribution in [0, 0.1) is 35.1 Å². The number of hydrogen-bond donors (Lipinski definition) is 1. The molecule has 3 unspecified atom stereocenters. The molecule has 0 spiro atoms. The maximum Gasteiger partial charge on any atom is 0.137 e. The fraction of sp³-hybridized carbons (Fsp3) is 0.500. The highest BCUT2D eigenvalue weighted by atomic mass is 79.9. The van der Waals surface area contributed by atoms with Gasteiger partial charge in [0, 0.05) is 11.8 Å². The van der Waals surface area contributed by atoms with E-state index in [4.69, 9.17) is 14.2 Å². The lowest BCUT2D eigenvalue weighted by atomic mass is 9.88. The molecule has 4 nitrogen and oxygen atoms in total. The van der Waals surface area contributed by atoms with Crippen molar-refractivity contribution < 1.29 is 36.9 Å². The molecule has 3 aromatic carbocycles. The summed E-state index contributed by atoms with van der Waals surface area (Å²) >= 11 is 2.94. The Kier molecular flexibility index (Phi) is 11.5. The van der Waals surface area contributed by atoms with E-state index >= 15 is 0 Å². The summed E-state index contributed by atoms with van der Waals surface area (Å²) in [7, 11) is 0. The van der Waals surface area contributed by atoms with Crippen LogP contribution in [-0.4, -0.2) is 38.1 Å². The summed E-state index contributed by atoms with van der Waals surface area (Å²) in [6.45, 7) is 6.52. The van der Waals surface area contributed by atoms with Crippen molar-refractivity contribution in [3.05, 3.63) is 92.0 Å².